The fraction of sp³-hybridized carbons (Fsp3) is 0.318. The Kier molecular flexibility index (Phi) is 6.11. The van der Waals surface area contributed by atoms with Gasteiger partial charge in [-0.2, -0.15) is 0 Å². The predicted molar refractivity (Wildman–Crippen MR) is 116 cm³/mol. The predicted octanol–water partition coefficient (Wildman–Crippen LogP) is 1.91. The van der Waals surface area contributed by atoms with Gasteiger partial charge in [-0.25, -0.2) is 14.8 Å². The van der Waals surface area contributed by atoms with Crippen LogP contribution in [0.2, 0.25) is 5.02 Å². The number of urea groups is 1. The Hall–Kier alpha value is -3.10. The average molecular weight is 442 g/mol. The van der Waals surface area contributed by atoms with Crippen LogP contribution in [0.4, 0.5) is 4.79 Å². The Morgan fingerprint density at radius 2 is 1.77 bits per heavy atom. The number of likely N-dealkylation sites (N-methyl/N-ethyl adjacent to an activating group) is 1. The third-order valence-corrected chi connectivity index (χ3v) is 5.73. The van der Waals surface area contributed by atoms with Crippen LogP contribution >= 0.6 is 11.6 Å². The van der Waals surface area contributed by atoms with Crippen LogP contribution in [0.15, 0.2) is 54.6 Å². The molecular weight excluding hydrogens is 418 g/mol. The molecule has 2 aromatic rings. The van der Waals surface area contributed by atoms with Crippen molar-refractivity contribution in [3.05, 3.63) is 70.7 Å². The molecule has 1 atom stereocenters. The molecule has 2 aromatic carbocycles. The highest BCUT2D eigenvalue weighted by molar-refractivity contribution is 6.30. The zero-order chi connectivity index (χ0) is 22.0. The molecule has 0 radical (unpaired) electrons. The first-order chi connectivity index (χ1) is 14.9. The van der Waals surface area contributed by atoms with Gasteiger partial charge in [0.1, 0.15) is 12.7 Å². The topological polar surface area (TPSA) is 76.2 Å². The first kappa shape index (κ1) is 21.1. The molecule has 162 valence electrons. The normalized spacial score (nSPS) is 19.4. The van der Waals surface area contributed by atoms with E-state index in [2.05, 4.69) is 5.32 Å². The third kappa shape index (κ3) is 4.65. The standard InChI is InChI=1S/C22H24ClN5O3/c1-25-14-21(30)27-15-20(29)26(12-17-8-5-9-18(23)10-17)13-19(27)28(25)22(31)24-11-16-6-3-2-4-7-16/h2-10,19H,11-15H2,1H3,(H,24,31). The number of hydrazine groups is 1. The van der Waals surface area contributed by atoms with Gasteiger partial charge in [0.05, 0.1) is 13.1 Å². The van der Waals surface area contributed by atoms with Gasteiger partial charge in [0.2, 0.25) is 11.8 Å². The summed E-state index contributed by atoms with van der Waals surface area (Å²) in [7, 11) is 1.70. The van der Waals surface area contributed by atoms with Gasteiger partial charge >= 0.3 is 6.03 Å². The van der Waals surface area contributed by atoms with Crippen LogP contribution in [0, 0.1) is 0 Å². The molecule has 1 unspecified atom stereocenters. The molecular formula is C22H24ClN5O3. The second kappa shape index (κ2) is 8.95. The van der Waals surface area contributed by atoms with Crippen LogP contribution < -0.4 is 5.32 Å². The summed E-state index contributed by atoms with van der Waals surface area (Å²) in [5.41, 5.74) is 1.87. The number of hydrogen-bond donors (Lipinski definition) is 1. The van der Waals surface area contributed by atoms with Crippen LogP contribution in [0.25, 0.3) is 0 Å². The van der Waals surface area contributed by atoms with Crippen molar-refractivity contribution < 1.29 is 14.4 Å². The average Bonchev–Trinajstić information content (AvgIpc) is 2.74. The number of rotatable bonds is 4. The van der Waals surface area contributed by atoms with Gasteiger partial charge in [-0.1, -0.05) is 54.1 Å². The van der Waals surface area contributed by atoms with E-state index in [0.29, 0.717) is 18.1 Å². The molecule has 9 heteroatoms. The summed E-state index contributed by atoms with van der Waals surface area (Å²) in [5.74, 6) is -0.325. The zero-order valence-corrected chi connectivity index (χ0v) is 18.0. The SMILES string of the molecule is CN1CC(=O)N2CC(=O)N(Cc3cccc(Cl)c3)CC2N1C(=O)NCc1ccccc1. The second-order valence-corrected chi connectivity index (χ2v) is 8.15. The minimum atomic E-state index is -0.570. The molecule has 0 bridgehead atoms. The van der Waals surface area contributed by atoms with Gasteiger partial charge in [0.25, 0.3) is 0 Å². The Morgan fingerprint density at radius 3 is 2.52 bits per heavy atom. The number of nitrogens with one attached hydrogen (secondary N) is 1. The third-order valence-electron chi connectivity index (χ3n) is 5.49. The summed E-state index contributed by atoms with van der Waals surface area (Å²) in [6.07, 6.45) is -0.570. The van der Waals surface area contributed by atoms with Crippen molar-refractivity contribution in [2.24, 2.45) is 0 Å². The van der Waals surface area contributed by atoms with Crippen molar-refractivity contribution in [2.45, 2.75) is 19.3 Å². The molecule has 0 saturated carbocycles. The highest BCUT2D eigenvalue weighted by Gasteiger charge is 2.45. The minimum absolute atomic E-state index is 0.0385. The van der Waals surface area contributed by atoms with Gasteiger partial charge < -0.3 is 15.1 Å². The maximum atomic E-state index is 13.0. The van der Waals surface area contributed by atoms with Crippen molar-refractivity contribution in [3.8, 4) is 0 Å². The van der Waals surface area contributed by atoms with Crippen molar-refractivity contribution in [2.75, 3.05) is 26.7 Å². The van der Waals surface area contributed by atoms with E-state index in [0.717, 1.165) is 11.1 Å². The zero-order valence-electron chi connectivity index (χ0n) is 17.2. The van der Waals surface area contributed by atoms with Crippen molar-refractivity contribution in [1.29, 1.82) is 0 Å². The molecule has 0 aromatic heterocycles. The number of carbonyl (C=O) groups is 3. The van der Waals surface area contributed by atoms with Crippen molar-refractivity contribution >= 4 is 29.4 Å². The maximum Gasteiger partial charge on any atom is 0.334 e. The van der Waals surface area contributed by atoms with Crippen LogP contribution in [0.3, 0.4) is 0 Å². The summed E-state index contributed by atoms with van der Waals surface area (Å²) in [6, 6.07) is 16.6. The summed E-state index contributed by atoms with van der Waals surface area (Å²) in [4.78, 5) is 41.5. The summed E-state index contributed by atoms with van der Waals surface area (Å²) < 4.78 is 0. The Labute approximate surface area is 185 Å². The van der Waals surface area contributed by atoms with E-state index in [9.17, 15) is 14.4 Å². The largest absolute Gasteiger partial charge is 0.334 e. The van der Waals surface area contributed by atoms with E-state index < -0.39 is 6.17 Å². The summed E-state index contributed by atoms with van der Waals surface area (Å²) in [6.45, 7) is 0.939. The van der Waals surface area contributed by atoms with E-state index in [1.165, 1.54) is 9.91 Å². The number of fused-ring (bicyclic) bond motifs is 1. The summed E-state index contributed by atoms with van der Waals surface area (Å²) in [5, 5.41) is 6.65. The van der Waals surface area contributed by atoms with Crippen LogP contribution in [-0.4, -0.2) is 70.5 Å². The van der Waals surface area contributed by atoms with Gasteiger partial charge in [0, 0.05) is 25.2 Å². The fourth-order valence-electron chi connectivity index (χ4n) is 3.96. The van der Waals surface area contributed by atoms with E-state index in [4.69, 9.17) is 11.6 Å². The van der Waals surface area contributed by atoms with E-state index >= 15 is 0 Å². The number of benzene rings is 2. The molecule has 8 nitrogen and oxygen atoms in total. The monoisotopic (exact) mass is 441 g/mol. The van der Waals surface area contributed by atoms with Gasteiger partial charge in [-0.05, 0) is 23.3 Å². The van der Waals surface area contributed by atoms with Crippen LogP contribution in [0.5, 0.6) is 0 Å². The molecule has 1 N–H and O–H groups in total. The second-order valence-electron chi connectivity index (χ2n) is 7.71. The Balaban J connectivity index is 1.51. The molecule has 2 saturated heterocycles. The molecule has 4 amide bonds. The minimum Gasteiger partial charge on any atom is -0.333 e. The van der Waals surface area contributed by atoms with Crippen LogP contribution in [-0.2, 0) is 22.7 Å². The number of amides is 4. The van der Waals surface area contributed by atoms with Crippen LogP contribution in [0.1, 0.15) is 11.1 Å². The smallest absolute Gasteiger partial charge is 0.333 e. The number of piperazine rings is 1. The number of carbonyl (C=O) groups excluding carboxylic acids is 3. The number of hydrogen-bond acceptors (Lipinski definition) is 4. The number of halogens is 1. The lowest BCUT2D eigenvalue weighted by Crippen LogP contribution is -2.73. The molecule has 0 aliphatic carbocycles. The first-order valence-electron chi connectivity index (χ1n) is 10.1. The van der Waals surface area contributed by atoms with Gasteiger partial charge in [0.15, 0.2) is 0 Å². The summed E-state index contributed by atoms with van der Waals surface area (Å²) >= 11 is 6.07. The van der Waals surface area contributed by atoms with Crippen molar-refractivity contribution in [1.82, 2.24) is 25.1 Å². The molecule has 2 aliphatic rings. The quantitative estimate of drug-likeness (QED) is 0.786. The highest BCUT2D eigenvalue weighted by Crippen LogP contribution is 2.23. The molecule has 2 fully saturated rings. The lowest BCUT2D eigenvalue weighted by atomic mass is 10.1. The lowest BCUT2D eigenvalue weighted by molar-refractivity contribution is -0.178. The molecule has 4 rings (SSSR count). The highest BCUT2D eigenvalue weighted by atomic mass is 35.5. The molecule has 31 heavy (non-hydrogen) atoms. The van der Waals surface area contributed by atoms with Gasteiger partial charge in [-0.3, -0.25) is 9.59 Å². The Morgan fingerprint density at radius 1 is 1.03 bits per heavy atom. The van der Waals surface area contributed by atoms with E-state index in [1.54, 1.807) is 23.0 Å². The molecule has 0 spiro atoms. The number of nitrogens with zero attached hydrogens (tertiary/aromatic N) is 4. The fourth-order valence-corrected chi connectivity index (χ4v) is 4.17. The lowest BCUT2D eigenvalue weighted by Gasteiger charge is -2.51. The van der Waals surface area contributed by atoms with Gasteiger partial charge in [-0.15, -0.1) is 0 Å². The van der Waals surface area contributed by atoms with E-state index in [1.807, 2.05) is 48.5 Å². The first-order valence-corrected chi connectivity index (χ1v) is 10.4. The maximum absolute atomic E-state index is 13.0. The molecule has 2 aliphatic heterocycles. The molecule has 2 heterocycles. The van der Waals surface area contributed by atoms with Crippen molar-refractivity contribution in [3.63, 3.8) is 0 Å². The van der Waals surface area contributed by atoms with E-state index in [-0.39, 0.29) is 37.5 Å². The Bertz CT molecular complexity index is 986.